The van der Waals surface area contributed by atoms with Gasteiger partial charge in [0.2, 0.25) is 5.91 Å². The summed E-state index contributed by atoms with van der Waals surface area (Å²) in [6.07, 6.45) is -2.01. The summed E-state index contributed by atoms with van der Waals surface area (Å²) in [7, 11) is 0. The standard InChI is InChI=1S/C17H21ClF3NO2S/c18-15-3-1-12(11-14(15)17(19,20)21)2-4-16(23)22-7-10-25-13-5-8-24-9-6-13/h1,3,11,13H,2,4-10H2,(H,22,23). The van der Waals surface area contributed by atoms with Crippen LogP contribution in [-0.4, -0.2) is 36.7 Å². The van der Waals surface area contributed by atoms with E-state index in [9.17, 15) is 18.0 Å². The largest absolute Gasteiger partial charge is 0.417 e. The monoisotopic (exact) mass is 395 g/mol. The Hall–Kier alpha value is -0.920. The zero-order valence-corrected chi connectivity index (χ0v) is 15.3. The van der Waals surface area contributed by atoms with Gasteiger partial charge in [-0.3, -0.25) is 4.79 Å². The summed E-state index contributed by atoms with van der Waals surface area (Å²) in [4.78, 5) is 11.8. The van der Waals surface area contributed by atoms with Crippen LogP contribution in [0.2, 0.25) is 5.02 Å². The van der Waals surface area contributed by atoms with Gasteiger partial charge in [0.25, 0.3) is 0 Å². The maximum absolute atomic E-state index is 12.8. The number of ether oxygens (including phenoxy) is 1. The number of amides is 1. The van der Waals surface area contributed by atoms with Gasteiger partial charge in [-0.2, -0.15) is 24.9 Å². The Morgan fingerprint density at radius 2 is 2.04 bits per heavy atom. The third kappa shape index (κ3) is 7.07. The number of hydrogen-bond donors (Lipinski definition) is 1. The van der Waals surface area contributed by atoms with Gasteiger partial charge < -0.3 is 10.1 Å². The first-order valence-electron chi connectivity index (χ1n) is 8.18. The van der Waals surface area contributed by atoms with E-state index in [2.05, 4.69) is 5.32 Å². The van der Waals surface area contributed by atoms with E-state index in [1.165, 1.54) is 12.1 Å². The molecule has 1 N–H and O–H groups in total. The van der Waals surface area contributed by atoms with Crippen molar-refractivity contribution in [2.24, 2.45) is 0 Å². The number of halogens is 4. The normalized spacial score (nSPS) is 16.0. The number of benzene rings is 1. The molecule has 3 nitrogen and oxygen atoms in total. The minimum absolute atomic E-state index is 0.154. The number of thioether (sulfide) groups is 1. The van der Waals surface area contributed by atoms with Crippen LogP contribution in [0.5, 0.6) is 0 Å². The highest BCUT2D eigenvalue weighted by Gasteiger charge is 2.33. The molecule has 1 amide bonds. The molecule has 1 saturated heterocycles. The third-order valence-corrected chi connectivity index (χ3v) is 5.64. The smallest absolute Gasteiger partial charge is 0.381 e. The van der Waals surface area contributed by atoms with Crippen molar-refractivity contribution in [2.45, 2.75) is 37.1 Å². The van der Waals surface area contributed by atoms with Gasteiger partial charge in [0, 0.05) is 37.2 Å². The van der Waals surface area contributed by atoms with Gasteiger partial charge in [0.15, 0.2) is 0 Å². The Balaban J connectivity index is 1.69. The summed E-state index contributed by atoms with van der Waals surface area (Å²) >= 11 is 7.41. The van der Waals surface area contributed by atoms with E-state index in [4.69, 9.17) is 16.3 Å². The van der Waals surface area contributed by atoms with Crippen molar-refractivity contribution in [2.75, 3.05) is 25.5 Å². The van der Waals surface area contributed by atoms with Gasteiger partial charge in [-0.15, -0.1) is 0 Å². The highest BCUT2D eigenvalue weighted by Crippen LogP contribution is 2.35. The van der Waals surface area contributed by atoms with Crippen LogP contribution in [0, 0.1) is 0 Å². The van der Waals surface area contributed by atoms with Crippen LogP contribution in [0.15, 0.2) is 18.2 Å². The van der Waals surface area contributed by atoms with E-state index in [1.807, 2.05) is 11.8 Å². The van der Waals surface area contributed by atoms with Crippen molar-refractivity contribution in [3.05, 3.63) is 34.3 Å². The van der Waals surface area contributed by atoms with E-state index in [1.54, 1.807) is 0 Å². The zero-order valence-electron chi connectivity index (χ0n) is 13.7. The Bertz CT molecular complexity index is 578. The fraction of sp³-hybridized carbons (Fsp3) is 0.588. The molecular formula is C17H21ClF3NO2S. The first-order valence-corrected chi connectivity index (χ1v) is 9.60. The molecule has 0 unspecified atom stereocenters. The van der Waals surface area contributed by atoms with Gasteiger partial charge in [-0.1, -0.05) is 17.7 Å². The molecule has 0 bridgehead atoms. The molecule has 1 aromatic rings. The average molecular weight is 396 g/mol. The number of carbonyl (C=O) groups is 1. The van der Waals surface area contributed by atoms with Crippen molar-refractivity contribution in [1.82, 2.24) is 5.32 Å². The summed E-state index contributed by atoms with van der Waals surface area (Å²) in [6, 6.07) is 3.75. The van der Waals surface area contributed by atoms with E-state index in [0.717, 1.165) is 37.9 Å². The van der Waals surface area contributed by atoms with Crippen LogP contribution in [0.1, 0.15) is 30.4 Å². The third-order valence-electron chi connectivity index (χ3n) is 3.92. The van der Waals surface area contributed by atoms with Crippen molar-refractivity contribution in [3.63, 3.8) is 0 Å². The van der Waals surface area contributed by atoms with Crippen LogP contribution in [0.4, 0.5) is 13.2 Å². The Kier molecular flexibility index (Phi) is 7.90. The van der Waals surface area contributed by atoms with Crippen molar-refractivity contribution < 1.29 is 22.7 Å². The molecule has 1 aliphatic heterocycles. The minimum atomic E-state index is -4.49. The predicted molar refractivity (Wildman–Crippen MR) is 94.1 cm³/mol. The average Bonchev–Trinajstić information content (AvgIpc) is 2.58. The number of rotatable bonds is 7. The highest BCUT2D eigenvalue weighted by molar-refractivity contribution is 7.99. The molecule has 1 fully saturated rings. The van der Waals surface area contributed by atoms with Crippen molar-refractivity contribution in [3.8, 4) is 0 Å². The fourth-order valence-electron chi connectivity index (χ4n) is 2.55. The summed E-state index contributed by atoms with van der Waals surface area (Å²) < 4.78 is 43.7. The van der Waals surface area contributed by atoms with Gasteiger partial charge >= 0.3 is 6.18 Å². The maximum Gasteiger partial charge on any atom is 0.417 e. The molecule has 0 spiro atoms. The Morgan fingerprint density at radius 3 is 2.72 bits per heavy atom. The summed E-state index contributed by atoms with van der Waals surface area (Å²) in [5, 5.41) is 3.07. The lowest BCUT2D eigenvalue weighted by Gasteiger charge is -2.21. The van der Waals surface area contributed by atoms with Crippen LogP contribution in [0.25, 0.3) is 0 Å². The second-order valence-corrected chi connectivity index (χ2v) is 7.66. The summed E-state index contributed by atoms with van der Waals surface area (Å²) in [5.41, 5.74) is -0.414. The van der Waals surface area contributed by atoms with Gasteiger partial charge in [0.05, 0.1) is 10.6 Å². The topological polar surface area (TPSA) is 38.3 Å². The van der Waals surface area contributed by atoms with Gasteiger partial charge in [-0.25, -0.2) is 0 Å². The highest BCUT2D eigenvalue weighted by atomic mass is 35.5. The summed E-state index contributed by atoms with van der Waals surface area (Å²) in [5.74, 6) is 0.673. The van der Waals surface area contributed by atoms with Crippen LogP contribution in [-0.2, 0) is 22.1 Å². The van der Waals surface area contributed by atoms with Crippen LogP contribution < -0.4 is 5.32 Å². The lowest BCUT2D eigenvalue weighted by Crippen LogP contribution is -2.27. The lowest BCUT2D eigenvalue weighted by atomic mass is 10.1. The molecule has 1 aliphatic rings. The predicted octanol–water partition coefficient (Wildman–Crippen LogP) is 4.32. The first-order chi connectivity index (χ1) is 11.9. The molecule has 25 heavy (non-hydrogen) atoms. The second kappa shape index (κ2) is 9.69. The molecule has 140 valence electrons. The lowest BCUT2D eigenvalue weighted by molar-refractivity contribution is -0.137. The van der Waals surface area contributed by atoms with E-state index < -0.39 is 11.7 Å². The van der Waals surface area contributed by atoms with Crippen molar-refractivity contribution in [1.29, 1.82) is 0 Å². The quantitative estimate of drug-likeness (QED) is 0.699. The molecule has 0 saturated carbocycles. The molecule has 0 radical (unpaired) electrons. The van der Waals surface area contributed by atoms with Crippen LogP contribution >= 0.6 is 23.4 Å². The first kappa shape index (κ1) is 20.4. The number of carbonyl (C=O) groups excluding carboxylic acids is 1. The molecule has 0 aliphatic carbocycles. The SMILES string of the molecule is O=C(CCc1ccc(Cl)c(C(F)(F)F)c1)NCCSC1CCOCC1. The van der Waals surface area contributed by atoms with E-state index in [-0.39, 0.29) is 23.8 Å². The summed E-state index contributed by atoms with van der Waals surface area (Å²) in [6.45, 7) is 2.16. The molecule has 0 aromatic heterocycles. The number of alkyl halides is 3. The molecular weight excluding hydrogens is 375 g/mol. The molecule has 2 rings (SSSR count). The van der Waals surface area contributed by atoms with Crippen LogP contribution in [0.3, 0.4) is 0 Å². The number of aryl methyl sites for hydroxylation is 1. The van der Waals surface area contributed by atoms with E-state index >= 15 is 0 Å². The van der Waals surface area contributed by atoms with Gasteiger partial charge in [0.1, 0.15) is 0 Å². The number of nitrogens with one attached hydrogen (secondary N) is 1. The maximum atomic E-state index is 12.8. The number of hydrogen-bond acceptors (Lipinski definition) is 3. The Labute approximate surface area is 154 Å². The Morgan fingerprint density at radius 1 is 1.32 bits per heavy atom. The van der Waals surface area contributed by atoms with E-state index in [0.29, 0.717) is 17.4 Å². The molecule has 0 atom stereocenters. The minimum Gasteiger partial charge on any atom is -0.381 e. The molecule has 1 aromatic carbocycles. The zero-order chi connectivity index (χ0) is 18.3. The molecule has 1 heterocycles. The van der Waals surface area contributed by atoms with Crippen molar-refractivity contribution >= 4 is 29.3 Å². The molecule has 8 heteroatoms. The fourth-order valence-corrected chi connectivity index (χ4v) is 3.85. The van der Waals surface area contributed by atoms with Gasteiger partial charge in [-0.05, 0) is 37.0 Å². The second-order valence-electron chi connectivity index (χ2n) is 5.84.